The number of ether oxygens (including phenoxy) is 1. The van der Waals surface area contributed by atoms with Gasteiger partial charge >= 0.3 is 0 Å². The molecule has 0 radical (unpaired) electrons. The number of carbonyl (C=O) groups is 1. The molecule has 1 aliphatic carbocycles. The standard InChI is InChI=1S/C14H20O2S/c1-2-11-5-3-6-12(9-11)16-10-13(15)14-7-4-8-17-14/h4,7-8,11-12H,2-3,5-6,9-10H2,1H3. The summed E-state index contributed by atoms with van der Waals surface area (Å²) in [5.41, 5.74) is 0. The van der Waals surface area contributed by atoms with Gasteiger partial charge in [-0.15, -0.1) is 11.3 Å². The summed E-state index contributed by atoms with van der Waals surface area (Å²) in [5, 5.41) is 1.93. The largest absolute Gasteiger partial charge is 0.370 e. The molecule has 1 aliphatic rings. The van der Waals surface area contributed by atoms with E-state index in [2.05, 4.69) is 6.92 Å². The monoisotopic (exact) mass is 252 g/mol. The van der Waals surface area contributed by atoms with Crippen LogP contribution in [0.25, 0.3) is 0 Å². The lowest BCUT2D eigenvalue weighted by Crippen LogP contribution is -2.25. The fraction of sp³-hybridized carbons (Fsp3) is 0.643. The fourth-order valence-corrected chi connectivity index (χ4v) is 3.12. The normalized spacial score (nSPS) is 24.8. The van der Waals surface area contributed by atoms with E-state index in [9.17, 15) is 4.79 Å². The van der Waals surface area contributed by atoms with Crippen LogP contribution >= 0.6 is 11.3 Å². The predicted molar refractivity (Wildman–Crippen MR) is 70.6 cm³/mol. The third-order valence-electron chi connectivity index (χ3n) is 3.56. The maximum absolute atomic E-state index is 11.8. The van der Waals surface area contributed by atoms with Gasteiger partial charge in [-0.1, -0.05) is 32.3 Å². The summed E-state index contributed by atoms with van der Waals surface area (Å²) in [6.45, 7) is 2.49. The van der Waals surface area contributed by atoms with E-state index in [0.717, 1.165) is 23.6 Å². The first-order valence-electron chi connectivity index (χ1n) is 6.48. The maximum Gasteiger partial charge on any atom is 0.198 e. The molecule has 2 nitrogen and oxygen atoms in total. The Hall–Kier alpha value is -0.670. The third kappa shape index (κ3) is 3.65. The number of hydrogen-bond acceptors (Lipinski definition) is 3. The molecule has 1 saturated carbocycles. The molecule has 94 valence electrons. The molecular weight excluding hydrogens is 232 g/mol. The van der Waals surface area contributed by atoms with Gasteiger partial charge in [0.2, 0.25) is 0 Å². The van der Waals surface area contributed by atoms with E-state index in [1.165, 1.54) is 30.6 Å². The summed E-state index contributed by atoms with van der Waals surface area (Å²) in [5.74, 6) is 0.921. The van der Waals surface area contributed by atoms with Crippen LogP contribution in [0.1, 0.15) is 48.7 Å². The number of hydrogen-bond donors (Lipinski definition) is 0. The molecule has 2 rings (SSSR count). The van der Waals surface area contributed by atoms with Crippen molar-refractivity contribution in [2.45, 2.75) is 45.1 Å². The van der Waals surface area contributed by atoms with Crippen LogP contribution in [-0.2, 0) is 4.74 Å². The van der Waals surface area contributed by atoms with Crippen LogP contribution in [0.5, 0.6) is 0 Å². The minimum absolute atomic E-state index is 0.124. The van der Waals surface area contributed by atoms with Gasteiger partial charge in [-0.05, 0) is 30.2 Å². The van der Waals surface area contributed by atoms with Crippen molar-refractivity contribution >= 4 is 17.1 Å². The number of ketones is 1. The van der Waals surface area contributed by atoms with Crippen molar-refractivity contribution in [3.05, 3.63) is 22.4 Å². The molecule has 0 aliphatic heterocycles. The Bertz CT molecular complexity index is 345. The van der Waals surface area contributed by atoms with E-state index in [1.807, 2.05) is 17.5 Å². The Balaban J connectivity index is 1.76. The summed E-state index contributed by atoms with van der Waals surface area (Å²) < 4.78 is 5.76. The Labute approximate surface area is 107 Å². The van der Waals surface area contributed by atoms with Gasteiger partial charge in [0.15, 0.2) is 5.78 Å². The van der Waals surface area contributed by atoms with Crippen molar-refractivity contribution in [3.8, 4) is 0 Å². The highest BCUT2D eigenvalue weighted by Gasteiger charge is 2.22. The Morgan fingerprint density at radius 3 is 3.12 bits per heavy atom. The first kappa shape index (κ1) is 12.8. The zero-order valence-corrected chi connectivity index (χ0v) is 11.2. The average Bonchev–Trinajstić information content (AvgIpc) is 2.90. The van der Waals surface area contributed by atoms with Gasteiger partial charge in [-0.3, -0.25) is 4.79 Å². The van der Waals surface area contributed by atoms with Crippen LogP contribution < -0.4 is 0 Å². The van der Waals surface area contributed by atoms with Crippen molar-refractivity contribution in [1.29, 1.82) is 0 Å². The Morgan fingerprint density at radius 2 is 2.41 bits per heavy atom. The minimum Gasteiger partial charge on any atom is -0.370 e. The molecule has 0 amide bonds. The van der Waals surface area contributed by atoms with Crippen LogP contribution in [0.4, 0.5) is 0 Å². The van der Waals surface area contributed by atoms with Gasteiger partial charge in [0.25, 0.3) is 0 Å². The van der Waals surface area contributed by atoms with Gasteiger partial charge in [-0.25, -0.2) is 0 Å². The molecule has 2 atom stereocenters. The van der Waals surface area contributed by atoms with Crippen molar-refractivity contribution in [1.82, 2.24) is 0 Å². The fourth-order valence-electron chi connectivity index (χ4n) is 2.47. The highest BCUT2D eigenvalue weighted by atomic mass is 32.1. The molecule has 2 unspecified atom stereocenters. The van der Waals surface area contributed by atoms with Crippen molar-refractivity contribution in [2.24, 2.45) is 5.92 Å². The quantitative estimate of drug-likeness (QED) is 0.742. The Kier molecular flexibility index (Phi) is 4.75. The first-order valence-corrected chi connectivity index (χ1v) is 7.36. The summed E-state index contributed by atoms with van der Waals surface area (Å²) in [4.78, 5) is 12.6. The van der Waals surface area contributed by atoms with Crippen molar-refractivity contribution in [3.63, 3.8) is 0 Å². The molecule has 3 heteroatoms. The number of carbonyl (C=O) groups excluding carboxylic acids is 1. The minimum atomic E-state index is 0.124. The SMILES string of the molecule is CCC1CCCC(OCC(=O)c2cccs2)C1. The molecule has 1 aromatic heterocycles. The molecule has 17 heavy (non-hydrogen) atoms. The molecule has 1 heterocycles. The van der Waals surface area contributed by atoms with Crippen molar-refractivity contribution in [2.75, 3.05) is 6.61 Å². The van der Waals surface area contributed by atoms with E-state index in [4.69, 9.17) is 4.74 Å². The first-order chi connectivity index (χ1) is 8.29. The highest BCUT2D eigenvalue weighted by molar-refractivity contribution is 7.12. The van der Waals surface area contributed by atoms with Crippen LogP contribution in [0.3, 0.4) is 0 Å². The van der Waals surface area contributed by atoms with Gasteiger partial charge < -0.3 is 4.74 Å². The number of thiophene rings is 1. The molecule has 0 N–H and O–H groups in total. The lowest BCUT2D eigenvalue weighted by atomic mass is 9.85. The lowest BCUT2D eigenvalue weighted by Gasteiger charge is -2.28. The molecule has 1 fully saturated rings. The lowest BCUT2D eigenvalue weighted by molar-refractivity contribution is 0.0158. The zero-order valence-electron chi connectivity index (χ0n) is 10.4. The van der Waals surface area contributed by atoms with E-state index in [-0.39, 0.29) is 12.4 Å². The Morgan fingerprint density at radius 1 is 1.53 bits per heavy atom. The van der Waals surface area contributed by atoms with Crippen LogP contribution in [0, 0.1) is 5.92 Å². The molecule has 0 bridgehead atoms. The van der Waals surface area contributed by atoms with E-state index >= 15 is 0 Å². The van der Waals surface area contributed by atoms with Crippen LogP contribution in [-0.4, -0.2) is 18.5 Å². The summed E-state index contributed by atoms with van der Waals surface area (Å²) in [6.07, 6.45) is 6.37. The molecular formula is C14H20O2S. The molecule has 0 saturated heterocycles. The molecule has 0 aromatic carbocycles. The second-order valence-corrected chi connectivity index (χ2v) is 5.72. The second-order valence-electron chi connectivity index (χ2n) is 4.77. The summed E-state index contributed by atoms with van der Waals surface area (Å²) >= 11 is 1.49. The highest BCUT2D eigenvalue weighted by Crippen LogP contribution is 2.28. The number of rotatable bonds is 5. The summed E-state index contributed by atoms with van der Waals surface area (Å²) in [7, 11) is 0. The predicted octanol–water partition coefficient (Wildman–Crippen LogP) is 3.92. The maximum atomic E-state index is 11.8. The van der Waals surface area contributed by atoms with Gasteiger partial charge in [0.1, 0.15) is 6.61 Å². The van der Waals surface area contributed by atoms with Crippen LogP contribution in [0.15, 0.2) is 17.5 Å². The average molecular weight is 252 g/mol. The topological polar surface area (TPSA) is 26.3 Å². The van der Waals surface area contributed by atoms with E-state index in [0.29, 0.717) is 6.10 Å². The zero-order chi connectivity index (χ0) is 12.1. The van der Waals surface area contributed by atoms with E-state index in [1.54, 1.807) is 0 Å². The van der Waals surface area contributed by atoms with Gasteiger partial charge in [-0.2, -0.15) is 0 Å². The third-order valence-corrected chi connectivity index (χ3v) is 4.47. The summed E-state index contributed by atoms with van der Waals surface area (Å²) in [6, 6.07) is 3.78. The van der Waals surface area contributed by atoms with Gasteiger partial charge in [0.05, 0.1) is 11.0 Å². The second kappa shape index (κ2) is 6.31. The smallest absolute Gasteiger partial charge is 0.198 e. The van der Waals surface area contributed by atoms with Crippen molar-refractivity contribution < 1.29 is 9.53 Å². The molecule has 0 spiro atoms. The van der Waals surface area contributed by atoms with E-state index < -0.39 is 0 Å². The van der Waals surface area contributed by atoms with Gasteiger partial charge in [0, 0.05) is 0 Å². The molecule has 1 aromatic rings. The van der Waals surface area contributed by atoms with Crippen LogP contribution in [0.2, 0.25) is 0 Å². The number of Topliss-reactive ketones (excluding diaryl/α,β-unsaturated/α-hetero) is 1.